The fourth-order valence-electron chi connectivity index (χ4n) is 1.98. The third-order valence-electron chi connectivity index (χ3n) is 3.07. The van der Waals surface area contributed by atoms with Gasteiger partial charge < -0.3 is 17.3 Å². The van der Waals surface area contributed by atoms with Crippen LogP contribution in [-0.2, 0) is 0 Å². The fourth-order valence-corrected chi connectivity index (χ4v) is 4.16. The van der Waals surface area contributed by atoms with Crippen LogP contribution >= 0.6 is 34.0 Å². The first-order valence-electron chi connectivity index (χ1n) is 6.14. The van der Waals surface area contributed by atoms with Crippen molar-refractivity contribution in [3.63, 3.8) is 0 Å². The monoisotopic (exact) mass is 365 g/mol. The van der Waals surface area contributed by atoms with Crippen LogP contribution in [0.4, 0.5) is 34.3 Å². The van der Waals surface area contributed by atoms with Crippen LogP contribution < -0.4 is 4.48 Å². The molecule has 0 aliphatic rings. The Balaban J connectivity index is 0.000000309. The molecule has 0 saturated heterocycles. The molecule has 3 aromatic heterocycles. The normalized spacial score (nSPS) is 11.9. The minimum atomic E-state index is -6.00. The van der Waals surface area contributed by atoms with Crippen LogP contribution in [0.2, 0.25) is 0 Å². The number of hydrogen-bond acceptors (Lipinski definition) is 3. The minimum Gasteiger partial charge on any atom is -0.418 e. The average molecular weight is 365 g/mol. The van der Waals surface area contributed by atoms with Crippen molar-refractivity contribution in [3.8, 4) is 0 Å². The lowest BCUT2D eigenvalue weighted by Gasteiger charge is -2.30. The molecule has 0 spiro atoms. The summed E-state index contributed by atoms with van der Waals surface area (Å²) >= 11 is 5.26. The number of thiophene rings is 3. The highest BCUT2D eigenvalue weighted by molar-refractivity contribution is 7.09. The van der Waals surface area contributed by atoms with Crippen LogP contribution in [0.3, 0.4) is 0 Å². The molecule has 0 radical (unpaired) electrons. The quantitative estimate of drug-likeness (QED) is 0.273. The van der Waals surface area contributed by atoms with Crippen molar-refractivity contribution in [2.24, 2.45) is 0 Å². The SMILES string of the molecule is C[N+](c1ccsc1)(c1ccsc1)c1ccsc1.F[B-](F)(F)F. The number of rotatable bonds is 3. The van der Waals surface area contributed by atoms with Crippen LogP contribution in [0.1, 0.15) is 0 Å². The second kappa shape index (κ2) is 6.95. The molecule has 0 aliphatic carbocycles. The van der Waals surface area contributed by atoms with Gasteiger partial charge in [0.05, 0.1) is 23.2 Å². The van der Waals surface area contributed by atoms with Gasteiger partial charge in [-0.25, -0.2) is 4.48 Å². The summed E-state index contributed by atoms with van der Waals surface area (Å²) in [5, 5.41) is 13.1. The van der Waals surface area contributed by atoms with Gasteiger partial charge in [-0.15, -0.1) is 34.0 Å². The van der Waals surface area contributed by atoms with Gasteiger partial charge in [0, 0.05) is 18.2 Å². The first kappa shape index (κ1) is 17.2. The zero-order valence-corrected chi connectivity index (χ0v) is 13.9. The Hall–Kier alpha value is -1.16. The zero-order valence-electron chi connectivity index (χ0n) is 11.5. The highest BCUT2D eigenvalue weighted by Crippen LogP contribution is 2.44. The summed E-state index contributed by atoms with van der Waals surface area (Å²) in [7, 11) is -3.74. The van der Waals surface area contributed by atoms with Gasteiger partial charge in [0.2, 0.25) is 0 Å². The summed E-state index contributed by atoms with van der Waals surface area (Å²) in [6, 6.07) is 6.62. The smallest absolute Gasteiger partial charge is 0.418 e. The average Bonchev–Trinajstić information content (AvgIpc) is 3.17. The van der Waals surface area contributed by atoms with Crippen molar-refractivity contribution in [2.45, 2.75) is 0 Å². The van der Waals surface area contributed by atoms with E-state index in [1.807, 2.05) is 0 Å². The Morgan fingerprint density at radius 1 is 0.727 bits per heavy atom. The zero-order chi connectivity index (χ0) is 16.2. The second-order valence-corrected chi connectivity index (χ2v) is 6.79. The summed E-state index contributed by atoms with van der Waals surface area (Å²) in [6.45, 7) is 0. The molecule has 0 unspecified atom stereocenters. The van der Waals surface area contributed by atoms with Crippen LogP contribution in [0.15, 0.2) is 50.5 Å². The van der Waals surface area contributed by atoms with E-state index < -0.39 is 7.25 Å². The summed E-state index contributed by atoms with van der Waals surface area (Å²) in [4.78, 5) is 0. The Kier molecular flexibility index (Phi) is 5.43. The predicted octanol–water partition coefficient (Wildman–Crippen LogP) is 6.77. The van der Waals surface area contributed by atoms with Gasteiger partial charge in [-0.3, -0.25) is 0 Å². The maximum atomic E-state index is 9.75. The molecule has 0 saturated carbocycles. The van der Waals surface area contributed by atoms with Gasteiger partial charge >= 0.3 is 7.25 Å². The van der Waals surface area contributed by atoms with Crippen LogP contribution in [0.5, 0.6) is 0 Å². The minimum absolute atomic E-state index is 0.760. The second-order valence-electron chi connectivity index (χ2n) is 4.45. The molecule has 0 aliphatic heterocycles. The molecule has 3 heterocycles. The topological polar surface area (TPSA) is 0 Å². The van der Waals surface area contributed by atoms with Crippen molar-refractivity contribution in [3.05, 3.63) is 50.5 Å². The lowest BCUT2D eigenvalue weighted by molar-refractivity contribution is 0.368. The van der Waals surface area contributed by atoms with Gasteiger partial charge in [0.15, 0.2) is 17.1 Å². The maximum absolute atomic E-state index is 9.75. The molecule has 0 fully saturated rings. The van der Waals surface area contributed by atoms with E-state index in [1.165, 1.54) is 17.1 Å². The molecule has 0 aromatic carbocycles. The van der Waals surface area contributed by atoms with E-state index >= 15 is 0 Å². The van der Waals surface area contributed by atoms with Gasteiger partial charge in [0.25, 0.3) is 0 Å². The molecular formula is C13H12BF4NS3. The third-order valence-corrected chi connectivity index (χ3v) is 5.08. The number of nitrogens with zero attached hydrogens (tertiary/aromatic N) is 1. The maximum Gasteiger partial charge on any atom is 0.673 e. The van der Waals surface area contributed by atoms with E-state index in [4.69, 9.17) is 0 Å². The van der Waals surface area contributed by atoms with Crippen LogP contribution in [-0.4, -0.2) is 14.3 Å². The molecule has 0 amide bonds. The Morgan fingerprint density at radius 3 is 1.18 bits per heavy atom. The predicted molar refractivity (Wildman–Crippen MR) is 90.2 cm³/mol. The molecule has 0 bridgehead atoms. The van der Waals surface area contributed by atoms with E-state index in [2.05, 4.69) is 57.5 Å². The highest BCUT2D eigenvalue weighted by Gasteiger charge is 2.32. The fraction of sp³-hybridized carbons (Fsp3) is 0.0769. The molecule has 9 heteroatoms. The van der Waals surface area contributed by atoms with Crippen LogP contribution in [0.25, 0.3) is 0 Å². The Bertz CT molecular complexity index is 573. The standard InChI is InChI=1S/C13H12NS3.BF4/c1-14(11-2-5-15-8-11,12-3-6-16-9-12)13-4-7-17-10-13;2-1(3,4)5/h2-10H,1H3;/q+1;-1. The number of halogens is 4. The summed E-state index contributed by atoms with van der Waals surface area (Å²) in [5.41, 5.74) is 3.98. The van der Waals surface area contributed by atoms with Gasteiger partial charge in [0.1, 0.15) is 0 Å². The van der Waals surface area contributed by atoms with Crippen LogP contribution in [0, 0.1) is 0 Å². The van der Waals surface area contributed by atoms with E-state index in [1.54, 1.807) is 34.0 Å². The van der Waals surface area contributed by atoms with Crippen molar-refractivity contribution in [2.75, 3.05) is 7.05 Å². The van der Waals surface area contributed by atoms with Crippen molar-refractivity contribution in [1.82, 2.24) is 4.48 Å². The lowest BCUT2D eigenvalue weighted by atomic mass is 10.2. The molecule has 3 rings (SSSR count). The van der Waals surface area contributed by atoms with E-state index in [0.29, 0.717) is 0 Å². The highest BCUT2D eigenvalue weighted by atomic mass is 32.1. The first-order chi connectivity index (χ1) is 10.3. The van der Waals surface area contributed by atoms with Crippen molar-refractivity contribution >= 4 is 58.3 Å². The summed E-state index contributed by atoms with van der Waals surface area (Å²) in [5.74, 6) is 0. The van der Waals surface area contributed by atoms with Crippen molar-refractivity contribution in [1.29, 1.82) is 0 Å². The number of quaternary nitrogens is 1. The molecule has 0 atom stereocenters. The number of hydrogen-bond donors (Lipinski definition) is 0. The van der Waals surface area contributed by atoms with E-state index in [0.717, 1.165) is 4.48 Å². The molecule has 22 heavy (non-hydrogen) atoms. The Morgan fingerprint density at radius 2 is 1.00 bits per heavy atom. The van der Waals surface area contributed by atoms with Gasteiger partial charge in [-0.2, -0.15) is 0 Å². The summed E-state index contributed by atoms with van der Waals surface area (Å²) < 4.78 is 39.8. The van der Waals surface area contributed by atoms with E-state index in [9.17, 15) is 17.3 Å². The molecule has 118 valence electrons. The largest absolute Gasteiger partial charge is 0.673 e. The lowest BCUT2D eigenvalue weighted by Crippen LogP contribution is -2.32. The van der Waals surface area contributed by atoms with Crippen molar-refractivity contribution < 1.29 is 17.3 Å². The van der Waals surface area contributed by atoms with Gasteiger partial charge in [-0.1, -0.05) is 0 Å². The van der Waals surface area contributed by atoms with E-state index in [-0.39, 0.29) is 0 Å². The molecular weight excluding hydrogens is 353 g/mol. The molecule has 3 aromatic rings. The summed E-state index contributed by atoms with van der Waals surface area (Å²) in [6.07, 6.45) is 0. The van der Waals surface area contributed by atoms with Gasteiger partial charge in [-0.05, 0) is 16.1 Å². The third kappa shape index (κ3) is 4.19. The Labute approximate surface area is 137 Å². The first-order valence-corrected chi connectivity index (χ1v) is 8.97. The molecule has 0 N–H and O–H groups in total. The molecule has 1 nitrogen and oxygen atoms in total.